The minimum Gasteiger partial charge on any atom is -0.495 e. The lowest BCUT2D eigenvalue weighted by molar-refractivity contribution is 0.415. The monoisotopic (exact) mass is 346 g/mol. The van der Waals surface area contributed by atoms with E-state index in [0.717, 1.165) is 5.56 Å². The second kappa shape index (κ2) is 6.65. The van der Waals surface area contributed by atoms with Crippen molar-refractivity contribution < 1.29 is 13.2 Å². The van der Waals surface area contributed by atoms with Crippen LogP contribution in [0.15, 0.2) is 33.9 Å². The molecule has 21 heavy (non-hydrogen) atoms. The van der Waals surface area contributed by atoms with Gasteiger partial charge in [0.05, 0.1) is 17.8 Å². The second-order valence-corrected chi connectivity index (χ2v) is 7.49. The van der Waals surface area contributed by atoms with Crippen LogP contribution in [0.25, 0.3) is 0 Å². The van der Waals surface area contributed by atoms with Crippen molar-refractivity contribution in [3.8, 4) is 5.75 Å². The van der Waals surface area contributed by atoms with E-state index >= 15 is 0 Å². The fraction of sp³-hybridized carbons (Fsp3) is 0.231. The van der Waals surface area contributed by atoms with Crippen LogP contribution in [0, 0.1) is 0 Å². The molecule has 1 aromatic heterocycles. The van der Waals surface area contributed by atoms with Crippen LogP contribution in [0.4, 0.5) is 5.69 Å². The molecule has 0 saturated carbocycles. The van der Waals surface area contributed by atoms with E-state index in [1.807, 2.05) is 12.4 Å². The summed E-state index contributed by atoms with van der Waals surface area (Å²) in [5.74, 6) is 0.493. The molecule has 0 aliphatic heterocycles. The van der Waals surface area contributed by atoms with E-state index in [-0.39, 0.29) is 4.21 Å². The summed E-state index contributed by atoms with van der Waals surface area (Å²) in [5, 5.41) is 5.14. The molecule has 0 fully saturated rings. The van der Waals surface area contributed by atoms with Gasteiger partial charge in [-0.15, -0.1) is 11.3 Å². The average Bonchev–Trinajstić information content (AvgIpc) is 2.88. The Morgan fingerprint density at radius 1 is 1.33 bits per heavy atom. The van der Waals surface area contributed by atoms with Crippen molar-refractivity contribution in [3.05, 3.63) is 40.2 Å². The summed E-state index contributed by atoms with van der Waals surface area (Å²) in [6.07, 6.45) is 0. The summed E-state index contributed by atoms with van der Waals surface area (Å²) in [4.78, 5) is 0. The van der Waals surface area contributed by atoms with Gasteiger partial charge < -0.3 is 10.1 Å². The largest absolute Gasteiger partial charge is 0.495 e. The summed E-state index contributed by atoms with van der Waals surface area (Å²) in [6, 6.07) is 6.38. The molecular weight excluding hydrogens is 332 g/mol. The van der Waals surface area contributed by atoms with Crippen molar-refractivity contribution in [3.63, 3.8) is 0 Å². The van der Waals surface area contributed by atoms with Gasteiger partial charge >= 0.3 is 0 Å². The highest BCUT2D eigenvalue weighted by atomic mass is 35.5. The molecule has 1 heterocycles. The van der Waals surface area contributed by atoms with Crippen molar-refractivity contribution in [2.45, 2.75) is 10.8 Å². The summed E-state index contributed by atoms with van der Waals surface area (Å²) >= 11 is 7.16. The number of benzene rings is 1. The molecule has 0 radical (unpaired) electrons. The molecule has 0 aliphatic carbocycles. The summed E-state index contributed by atoms with van der Waals surface area (Å²) in [6.45, 7) is 0.625. The Labute approximate surface area is 133 Å². The summed E-state index contributed by atoms with van der Waals surface area (Å²) in [7, 11) is -0.297. The SMILES string of the molecule is CNCc1csc(S(=O)(=O)Nc2ccc(OC)c(Cl)c2)c1. The number of nitrogens with one attached hydrogen (secondary N) is 2. The number of methoxy groups -OCH3 is 1. The first-order valence-corrected chi connectivity index (χ1v) is 8.78. The molecule has 5 nitrogen and oxygen atoms in total. The van der Waals surface area contributed by atoms with Gasteiger partial charge in [0.15, 0.2) is 0 Å². The van der Waals surface area contributed by atoms with Gasteiger partial charge in [-0.2, -0.15) is 0 Å². The van der Waals surface area contributed by atoms with Crippen molar-refractivity contribution in [1.29, 1.82) is 0 Å². The first-order chi connectivity index (χ1) is 9.96. The van der Waals surface area contributed by atoms with Crippen LogP contribution in [0.3, 0.4) is 0 Å². The molecule has 1 aromatic carbocycles. The Morgan fingerprint density at radius 3 is 2.71 bits per heavy atom. The first-order valence-electron chi connectivity index (χ1n) is 6.04. The normalized spacial score (nSPS) is 11.4. The van der Waals surface area contributed by atoms with Crippen LogP contribution < -0.4 is 14.8 Å². The smallest absolute Gasteiger partial charge is 0.271 e. The van der Waals surface area contributed by atoms with Gasteiger partial charge in [-0.05, 0) is 42.3 Å². The molecule has 0 bridgehead atoms. The molecule has 114 valence electrons. The zero-order valence-corrected chi connectivity index (χ0v) is 13.9. The molecule has 2 rings (SSSR count). The number of sulfonamides is 1. The van der Waals surface area contributed by atoms with E-state index in [0.29, 0.717) is 23.0 Å². The van der Waals surface area contributed by atoms with Crippen molar-refractivity contribution in [2.24, 2.45) is 0 Å². The van der Waals surface area contributed by atoms with Gasteiger partial charge in [-0.1, -0.05) is 11.6 Å². The minimum atomic E-state index is -3.61. The highest BCUT2D eigenvalue weighted by Crippen LogP contribution is 2.29. The Balaban J connectivity index is 2.22. The topological polar surface area (TPSA) is 67.4 Å². The van der Waals surface area contributed by atoms with Crippen molar-refractivity contribution in [1.82, 2.24) is 5.32 Å². The zero-order chi connectivity index (χ0) is 15.5. The fourth-order valence-electron chi connectivity index (χ4n) is 1.73. The lowest BCUT2D eigenvalue weighted by atomic mass is 10.3. The van der Waals surface area contributed by atoms with Gasteiger partial charge in [0.25, 0.3) is 10.0 Å². The fourth-order valence-corrected chi connectivity index (χ4v) is 4.24. The Hall–Kier alpha value is -1.28. The predicted molar refractivity (Wildman–Crippen MR) is 85.9 cm³/mol. The maximum Gasteiger partial charge on any atom is 0.271 e. The number of ether oxygens (including phenoxy) is 1. The number of hydrogen-bond acceptors (Lipinski definition) is 5. The van der Waals surface area contributed by atoms with Crippen LogP contribution in [0.1, 0.15) is 5.56 Å². The van der Waals surface area contributed by atoms with Gasteiger partial charge in [-0.3, -0.25) is 4.72 Å². The number of rotatable bonds is 6. The molecule has 0 amide bonds. The maximum absolute atomic E-state index is 12.3. The molecule has 0 atom stereocenters. The first kappa shape index (κ1) is 16.1. The van der Waals surface area contributed by atoms with E-state index in [1.54, 1.807) is 18.2 Å². The Kier molecular flexibility index (Phi) is 5.10. The Morgan fingerprint density at radius 2 is 2.10 bits per heavy atom. The van der Waals surface area contributed by atoms with E-state index in [1.165, 1.54) is 24.5 Å². The molecule has 0 saturated heterocycles. The average molecular weight is 347 g/mol. The Bertz CT molecular complexity index is 729. The third kappa shape index (κ3) is 3.88. The molecule has 2 N–H and O–H groups in total. The van der Waals surface area contributed by atoms with Crippen LogP contribution in [0.5, 0.6) is 5.75 Å². The van der Waals surface area contributed by atoms with Gasteiger partial charge in [0.1, 0.15) is 9.96 Å². The maximum atomic E-state index is 12.3. The van der Waals surface area contributed by atoms with Crippen LogP contribution in [-0.4, -0.2) is 22.6 Å². The van der Waals surface area contributed by atoms with E-state index in [9.17, 15) is 8.42 Å². The third-order valence-corrected chi connectivity index (χ3v) is 5.84. The highest BCUT2D eigenvalue weighted by molar-refractivity contribution is 7.94. The van der Waals surface area contributed by atoms with E-state index < -0.39 is 10.0 Å². The standard InChI is InChI=1S/C13H15ClN2O3S2/c1-15-7-9-5-13(20-8-9)21(17,18)16-10-3-4-12(19-2)11(14)6-10/h3-6,8,15-16H,7H2,1-2H3. The molecule has 2 aromatic rings. The quantitative estimate of drug-likeness (QED) is 0.844. The number of anilines is 1. The van der Waals surface area contributed by atoms with Crippen LogP contribution in [-0.2, 0) is 16.6 Å². The van der Waals surface area contributed by atoms with Gasteiger partial charge in [-0.25, -0.2) is 8.42 Å². The molecule has 8 heteroatoms. The van der Waals surface area contributed by atoms with E-state index in [4.69, 9.17) is 16.3 Å². The van der Waals surface area contributed by atoms with Crippen LogP contribution in [0.2, 0.25) is 5.02 Å². The summed E-state index contributed by atoms with van der Waals surface area (Å²) in [5.41, 5.74) is 1.32. The summed E-state index contributed by atoms with van der Waals surface area (Å²) < 4.78 is 32.4. The van der Waals surface area contributed by atoms with Crippen molar-refractivity contribution in [2.75, 3.05) is 18.9 Å². The number of hydrogen-bond donors (Lipinski definition) is 2. The molecule has 0 spiro atoms. The number of halogens is 1. The molecular formula is C13H15ClN2O3S2. The zero-order valence-electron chi connectivity index (χ0n) is 11.5. The van der Waals surface area contributed by atoms with Gasteiger partial charge in [0.2, 0.25) is 0 Å². The van der Waals surface area contributed by atoms with Crippen molar-refractivity contribution >= 4 is 38.6 Å². The highest BCUT2D eigenvalue weighted by Gasteiger charge is 2.17. The van der Waals surface area contributed by atoms with Gasteiger partial charge in [0, 0.05) is 6.54 Å². The molecule has 0 unspecified atom stereocenters. The minimum absolute atomic E-state index is 0.264. The van der Waals surface area contributed by atoms with Crippen LogP contribution >= 0.6 is 22.9 Å². The second-order valence-electron chi connectivity index (χ2n) is 4.26. The lowest BCUT2D eigenvalue weighted by Gasteiger charge is -2.08. The molecule has 0 aliphatic rings. The lowest BCUT2D eigenvalue weighted by Crippen LogP contribution is -2.11. The predicted octanol–water partition coefficient (Wildman–Crippen LogP) is 2.93. The third-order valence-electron chi connectivity index (χ3n) is 2.68. The number of thiophene rings is 1. The van der Waals surface area contributed by atoms with E-state index in [2.05, 4.69) is 10.0 Å².